The second-order valence-electron chi connectivity index (χ2n) is 5.26. The van der Waals surface area contributed by atoms with Crippen molar-refractivity contribution in [1.82, 2.24) is 0 Å². The minimum atomic E-state index is -0.302. The normalized spacial score (nSPS) is 21.9. The van der Waals surface area contributed by atoms with Gasteiger partial charge < -0.3 is 14.2 Å². The number of carbonyl (C=O) groups is 1. The Balaban J connectivity index is 1.85. The third-order valence-corrected chi connectivity index (χ3v) is 3.93. The predicted octanol–water partition coefficient (Wildman–Crippen LogP) is 3.08. The second kappa shape index (κ2) is 7.41. The average molecular weight is 296 g/mol. The minimum Gasteiger partial charge on any atom is -0.496 e. The van der Waals surface area contributed by atoms with Crippen LogP contribution in [-0.2, 0) is 20.9 Å². The molecule has 1 aliphatic rings. The molecular weight excluding hydrogens is 275 g/mol. The third-order valence-electron chi connectivity index (χ3n) is 3.93. The number of hydrogen-bond acceptors (Lipinski definition) is 4. The number of halogens is 1. The SMILES string of the molecule is COC(=O)C1CCC(OCc2cc(F)ccc2OC)CC1. The van der Waals surface area contributed by atoms with Crippen LogP contribution in [-0.4, -0.2) is 26.3 Å². The van der Waals surface area contributed by atoms with E-state index in [-0.39, 0.29) is 23.8 Å². The molecule has 0 aliphatic heterocycles. The van der Waals surface area contributed by atoms with Crippen LogP contribution in [0.15, 0.2) is 18.2 Å². The van der Waals surface area contributed by atoms with Gasteiger partial charge in [0.2, 0.25) is 0 Å². The van der Waals surface area contributed by atoms with E-state index in [0.717, 1.165) is 25.7 Å². The topological polar surface area (TPSA) is 44.8 Å². The van der Waals surface area contributed by atoms with Crippen molar-refractivity contribution in [2.45, 2.75) is 38.4 Å². The lowest BCUT2D eigenvalue weighted by Crippen LogP contribution is -2.26. The largest absolute Gasteiger partial charge is 0.496 e. The van der Waals surface area contributed by atoms with Gasteiger partial charge in [-0.3, -0.25) is 4.79 Å². The Morgan fingerprint density at radius 1 is 1.24 bits per heavy atom. The molecule has 0 atom stereocenters. The maximum absolute atomic E-state index is 13.3. The van der Waals surface area contributed by atoms with Crippen molar-refractivity contribution >= 4 is 5.97 Å². The molecule has 0 amide bonds. The summed E-state index contributed by atoms with van der Waals surface area (Å²) in [4.78, 5) is 11.5. The molecule has 0 aromatic heterocycles. The second-order valence-corrected chi connectivity index (χ2v) is 5.26. The van der Waals surface area contributed by atoms with Crippen LogP contribution in [0.2, 0.25) is 0 Å². The number of carbonyl (C=O) groups excluding carboxylic acids is 1. The highest BCUT2D eigenvalue weighted by molar-refractivity contribution is 5.72. The van der Waals surface area contributed by atoms with Crippen LogP contribution in [0.25, 0.3) is 0 Å². The van der Waals surface area contributed by atoms with Crippen molar-refractivity contribution in [2.75, 3.05) is 14.2 Å². The summed E-state index contributed by atoms with van der Waals surface area (Å²) in [5, 5.41) is 0. The molecule has 1 saturated carbocycles. The zero-order valence-corrected chi connectivity index (χ0v) is 12.4. The van der Waals surface area contributed by atoms with E-state index in [4.69, 9.17) is 14.2 Å². The highest BCUT2D eigenvalue weighted by Gasteiger charge is 2.27. The Labute approximate surface area is 124 Å². The molecular formula is C16H21FO4. The van der Waals surface area contributed by atoms with Crippen molar-refractivity contribution in [1.29, 1.82) is 0 Å². The molecule has 1 aliphatic carbocycles. The summed E-state index contributed by atoms with van der Waals surface area (Å²) < 4.78 is 29.1. The molecule has 5 heteroatoms. The third kappa shape index (κ3) is 4.17. The Bertz CT molecular complexity index is 481. The molecule has 4 nitrogen and oxygen atoms in total. The molecule has 21 heavy (non-hydrogen) atoms. The minimum absolute atomic E-state index is 0.0152. The van der Waals surface area contributed by atoms with Gasteiger partial charge in [0.15, 0.2) is 0 Å². The fourth-order valence-electron chi connectivity index (χ4n) is 2.70. The lowest BCUT2D eigenvalue weighted by molar-refractivity contribution is -0.147. The van der Waals surface area contributed by atoms with E-state index < -0.39 is 0 Å². The molecule has 0 spiro atoms. The Morgan fingerprint density at radius 2 is 1.95 bits per heavy atom. The average Bonchev–Trinajstić information content (AvgIpc) is 2.52. The smallest absolute Gasteiger partial charge is 0.308 e. The summed E-state index contributed by atoms with van der Waals surface area (Å²) in [6.45, 7) is 0.314. The number of methoxy groups -OCH3 is 2. The van der Waals surface area contributed by atoms with Gasteiger partial charge in [-0.2, -0.15) is 0 Å². The van der Waals surface area contributed by atoms with Gasteiger partial charge in [-0.1, -0.05) is 0 Å². The van der Waals surface area contributed by atoms with E-state index in [1.54, 1.807) is 13.2 Å². The summed E-state index contributed by atoms with van der Waals surface area (Å²) >= 11 is 0. The van der Waals surface area contributed by atoms with Gasteiger partial charge in [0.25, 0.3) is 0 Å². The molecule has 1 aromatic carbocycles. The van der Waals surface area contributed by atoms with Gasteiger partial charge in [-0.05, 0) is 43.9 Å². The molecule has 0 bridgehead atoms. The highest BCUT2D eigenvalue weighted by Crippen LogP contribution is 2.29. The number of hydrogen-bond donors (Lipinski definition) is 0. The number of ether oxygens (including phenoxy) is 3. The number of benzene rings is 1. The summed E-state index contributed by atoms with van der Waals surface area (Å²) in [6.07, 6.45) is 3.28. The lowest BCUT2D eigenvalue weighted by atomic mass is 9.87. The first-order valence-electron chi connectivity index (χ1n) is 7.16. The fraction of sp³-hybridized carbons (Fsp3) is 0.562. The van der Waals surface area contributed by atoms with Crippen molar-refractivity contribution < 1.29 is 23.4 Å². The van der Waals surface area contributed by atoms with Crippen LogP contribution in [0.3, 0.4) is 0 Å². The van der Waals surface area contributed by atoms with Gasteiger partial charge in [0, 0.05) is 5.56 Å². The molecule has 0 unspecified atom stereocenters. The van der Waals surface area contributed by atoms with Gasteiger partial charge in [-0.15, -0.1) is 0 Å². The van der Waals surface area contributed by atoms with Crippen LogP contribution in [0.1, 0.15) is 31.2 Å². The predicted molar refractivity (Wildman–Crippen MR) is 75.5 cm³/mol. The summed E-state index contributed by atoms with van der Waals surface area (Å²) in [5.74, 6) is 0.169. The molecule has 0 N–H and O–H groups in total. The molecule has 1 fully saturated rings. The van der Waals surface area contributed by atoms with Gasteiger partial charge in [0.05, 0.1) is 32.8 Å². The van der Waals surface area contributed by atoms with Crippen LogP contribution >= 0.6 is 0 Å². The summed E-state index contributed by atoms with van der Waals surface area (Å²) in [7, 11) is 2.97. The lowest BCUT2D eigenvalue weighted by Gasteiger charge is -2.27. The number of rotatable bonds is 5. The van der Waals surface area contributed by atoms with Crippen LogP contribution in [0, 0.1) is 11.7 Å². The van der Waals surface area contributed by atoms with E-state index in [0.29, 0.717) is 17.9 Å². The molecule has 0 heterocycles. The quantitative estimate of drug-likeness (QED) is 0.783. The van der Waals surface area contributed by atoms with Crippen molar-refractivity contribution in [3.8, 4) is 5.75 Å². The summed E-state index contributed by atoms with van der Waals surface area (Å²) in [5.41, 5.74) is 0.701. The first kappa shape index (κ1) is 15.8. The zero-order chi connectivity index (χ0) is 15.2. The van der Waals surface area contributed by atoms with Crippen LogP contribution in [0.4, 0.5) is 4.39 Å². The maximum atomic E-state index is 13.3. The first-order valence-corrected chi connectivity index (χ1v) is 7.16. The van der Waals surface area contributed by atoms with Crippen molar-refractivity contribution in [3.05, 3.63) is 29.6 Å². The standard InChI is InChI=1S/C16H21FO4/c1-19-15-8-5-13(17)9-12(15)10-21-14-6-3-11(4-7-14)16(18)20-2/h5,8-9,11,14H,3-4,6-7,10H2,1-2H3. The molecule has 1 aromatic rings. The molecule has 116 valence electrons. The molecule has 0 radical (unpaired) electrons. The highest BCUT2D eigenvalue weighted by atomic mass is 19.1. The van der Waals surface area contributed by atoms with E-state index >= 15 is 0 Å². The monoisotopic (exact) mass is 296 g/mol. The zero-order valence-electron chi connectivity index (χ0n) is 12.4. The van der Waals surface area contributed by atoms with Gasteiger partial charge in [-0.25, -0.2) is 4.39 Å². The van der Waals surface area contributed by atoms with Crippen LogP contribution < -0.4 is 4.74 Å². The fourth-order valence-corrected chi connectivity index (χ4v) is 2.70. The van der Waals surface area contributed by atoms with E-state index in [2.05, 4.69) is 0 Å². The van der Waals surface area contributed by atoms with E-state index in [9.17, 15) is 9.18 Å². The van der Waals surface area contributed by atoms with E-state index in [1.165, 1.54) is 19.2 Å². The summed E-state index contributed by atoms with van der Waals surface area (Å²) in [6, 6.07) is 4.39. The van der Waals surface area contributed by atoms with Gasteiger partial charge >= 0.3 is 5.97 Å². The maximum Gasteiger partial charge on any atom is 0.308 e. The Kier molecular flexibility index (Phi) is 5.56. The molecule has 2 rings (SSSR count). The van der Waals surface area contributed by atoms with Gasteiger partial charge in [0.1, 0.15) is 11.6 Å². The first-order chi connectivity index (χ1) is 10.1. The van der Waals surface area contributed by atoms with E-state index in [1.807, 2.05) is 0 Å². The van der Waals surface area contributed by atoms with Crippen molar-refractivity contribution in [2.24, 2.45) is 5.92 Å². The Hall–Kier alpha value is -1.62. The van der Waals surface area contributed by atoms with Crippen LogP contribution in [0.5, 0.6) is 5.75 Å². The Morgan fingerprint density at radius 3 is 2.57 bits per heavy atom. The number of esters is 1. The van der Waals surface area contributed by atoms with Crippen molar-refractivity contribution in [3.63, 3.8) is 0 Å². The molecule has 0 saturated heterocycles.